The number of nitrogens with one attached hydrogen (secondary N) is 1. The molecule has 2 heterocycles. The van der Waals surface area contributed by atoms with Crippen molar-refractivity contribution in [2.24, 2.45) is 0 Å². The molecule has 4 rings (SSSR count). The molecule has 32 heavy (non-hydrogen) atoms. The number of rotatable bonds is 4. The number of halogens is 2. The van der Waals surface area contributed by atoms with E-state index in [9.17, 15) is 14.4 Å². The lowest BCUT2D eigenvalue weighted by Gasteiger charge is -2.26. The molecule has 4 amide bonds. The van der Waals surface area contributed by atoms with E-state index in [0.29, 0.717) is 21.3 Å². The van der Waals surface area contributed by atoms with Crippen LogP contribution >= 0.6 is 23.2 Å². The average Bonchev–Trinajstić information content (AvgIpc) is 3.04. The van der Waals surface area contributed by atoms with Crippen LogP contribution in [0.15, 0.2) is 60.2 Å². The molecule has 0 spiro atoms. The Kier molecular flexibility index (Phi) is 5.91. The maximum atomic E-state index is 13.1. The number of barbiturate groups is 1. The molecule has 1 aliphatic rings. The SMILES string of the molecule is Cc1cc(/C=C2\C(=O)NC(=O)N(Cc3ccccc3)C2=O)c(C)n1-c1cccc(Cl)c1Cl. The van der Waals surface area contributed by atoms with E-state index in [0.717, 1.165) is 21.9 Å². The second-order valence-electron chi connectivity index (χ2n) is 7.43. The molecule has 0 bridgehead atoms. The molecular weight excluding hydrogens is 449 g/mol. The molecule has 6 nitrogen and oxygen atoms in total. The van der Waals surface area contributed by atoms with E-state index in [1.807, 2.05) is 60.9 Å². The van der Waals surface area contributed by atoms with E-state index in [2.05, 4.69) is 5.32 Å². The third-order valence-electron chi connectivity index (χ3n) is 5.31. The van der Waals surface area contributed by atoms with E-state index >= 15 is 0 Å². The Morgan fingerprint density at radius 1 is 0.969 bits per heavy atom. The lowest BCUT2D eigenvalue weighted by atomic mass is 10.1. The van der Waals surface area contributed by atoms with Gasteiger partial charge in [0.2, 0.25) is 0 Å². The van der Waals surface area contributed by atoms with Crippen LogP contribution in [-0.4, -0.2) is 27.3 Å². The van der Waals surface area contributed by atoms with Crippen molar-refractivity contribution in [3.05, 3.63) is 92.7 Å². The Hall–Kier alpha value is -3.35. The zero-order chi connectivity index (χ0) is 23.0. The second-order valence-corrected chi connectivity index (χ2v) is 8.21. The Bertz CT molecular complexity index is 1280. The molecule has 3 aromatic rings. The predicted octanol–water partition coefficient (Wildman–Crippen LogP) is 5.06. The van der Waals surface area contributed by atoms with Crippen molar-refractivity contribution in [1.29, 1.82) is 0 Å². The first-order chi connectivity index (χ1) is 15.3. The van der Waals surface area contributed by atoms with Gasteiger partial charge in [0.25, 0.3) is 11.8 Å². The summed E-state index contributed by atoms with van der Waals surface area (Å²) in [6.07, 6.45) is 1.50. The van der Waals surface area contributed by atoms with Crippen LogP contribution in [0.1, 0.15) is 22.5 Å². The topological polar surface area (TPSA) is 71.4 Å². The first kappa shape index (κ1) is 21.9. The number of aryl methyl sites for hydroxylation is 1. The number of hydrogen-bond donors (Lipinski definition) is 1. The number of benzene rings is 2. The Labute approximate surface area is 195 Å². The van der Waals surface area contributed by atoms with E-state index in [1.165, 1.54) is 6.08 Å². The Morgan fingerprint density at radius 2 is 1.69 bits per heavy atom. The minimum atomic E-state index is -0.739. The minimum absolute atomic E-state index is 0.0628. The van der Waals surface area contributed by atoms with Crippen molar-refractivity contribution in [2.75, 3.05) is 0 Å². The summed E-state index contributed by atoms with van der Waals surface area (Å²) < 4.78 is 1.90. The maximum Gasteiger partial charge on any atom is 0.331 e. The summed E-state index contributed by atoms with van der Waals surface area (Å²) in [5.41, 5.74) is 3.63. The number of nitrogens with zero attached hydrogens (tertiary/aromatic N) is 2. The minimum Gasteiger partial charge on any atom is -0.316 e. The molecule has 0 radical (unpaired) electrons. The monoisotopic (exact) mass is 467 g/mol. The van der Waals surface area contributed by atoms with E-state index in [4.69, 9.17) is 23.2 Å². The lowest BCUT2D eigenvalue weighted by Crippen LogP contribution is -2.53. The number of carbonyl (C=O) groups excluding carboxylic acids is 3. The largest absolute Gasteiger partial charge is 0.331 e. The van der Waals surface area contributed by atoms with Gasteiger partial charge >= 0.3 is 6.03 Å². The maximum absolute atomic E-state index is 13.1. The predicted molar refractivity (Wildman–Crippen MR) is 124 cm³/mol. The van der Waals surface area contributed by atoms with Crippen molar-refractivity contribution in [3.8, 4) is 5.69 Å². The van der Waals surface area contributed by atoms with Crippen LogP contribution in [-0.2, 0) is 16.1 Å². The third kappa shape index (κ3) is 3.95. The molecule has 1 fully saturated rings. The normalized spacial score (nSPS) is 15.4. The molecule has 2 aromatic carbocycles. The van der Waals surface area contributed by atoms with E-state index in [1.54, 1.807) is 12.1 Å². The van der Waals surface area contributed by atoms with Crippen LogP contribution in [0.5, 0.6) is 0 Å². The van der Waals surface area contributed by atoms with Crippen molar-refractivity contribution < 1.29 is 14.4 Å². The summed E-state index contributed by atoms with van der Waals surface area (Å²) in [5.74, 6) is -1.37. The Balaban J connectivity index is 1.73. The van der Waals surface area contributed by atoms with Crippen molar-refractivity contribution >= 4 is 47.1 Å². The third-order valence-corrected chi connectivity index (χ3v) is 6.12. The molecule has 8 heteroatoms. The van der Waals surface area contributed by atoms with Gasteiger partial charge in [0.05, 0.1) is 22.3 Å². The Morgan fingerprint density at radius 3 is 2.41 bits per heavy atom. The number of hydrogen-bond acceptors (Lipinski definition) is 3. The molecule has 0 aliphatic carbocycles. The van der Waals surface area contributed by atoms with Gasteiger partial charge in [0.15, 0.2) is 0 Å². The van der Waals surface area contributed by atoms with Crippen LogP contribution < -0.4 is 5.32 Å². The van der Waals surface area contributed by atoms with Crippen LogP contribution in [0, 0.1) is 13.8 Å². The average molecular weight is 468 g/mol. The molecule has 1 saturated heterocycles. The van der Waals surface area contributed by atoms with Gasteiger partial charge in [-0.05, 0) is 49.2 Å². The van der Waals surface area contributed by atoms with Gasteiger partial charge in [0.1, 0.15) is 5.57 Å². The van der Waals surface area contributed by atoms with Gasteiger partial charge in [-0.15, -0.1) is 0 Å². The van der Waals surface area contributed by atoms with Crippen LogP contribution in [0.2, 0.25) is 10.0 Å². The molecular formula is C24H19Cl2N3O3. The molecule has 0 atom stereocenters. The van der Waals surface area contributed by atoms with Crippen LogP contribution in [0.25, 0.3) is 11.8 Å². The zero-order valence-electron chi connectivity index (χ0n) is 17.4. The molecule has 1 N–H and O–H groups in total. The summed E-state index contributed by atoms with van der Waals surface area (Å²) in [5, 5.41) is 3.08. The van der Waals surface area contributed by atoms with E-state index < -0.39 is 17.8 Å². The van der Waals surface area contributed by atoms with Gasteiger partial charge in [0, 0.05) is 11.4 Å². The number of imide groups is 2. The summed E-state index contributed by atoms with van der Waals surface area (Å²) in [6.45, 7) is 3.81. The number of carbonyl (C=O) groups is 3. The highest BCUT2D eigenvalue weighted by atomic mass is 35.5. The van der Waals surface area contributed by atoms with Crippen molar-refractivity contribution in [1.82, 2.24) is 14.8 Å². The van der Waals surface area contributed by atoms with E-state index in [-0.39, 0.29) is 12.1 Å². The first-order valence-corrected chi connectivity index (χ1v) is 10.6. The molecule has 0 saturated carbocycles. The number of urea groups is 1. The number of aromatic nitrogens is 1. The quantitative estimate of drug-likeness (QED) is 0.430. The highest BCUT2D eigenvalue weighted by Gasteiger charge is 2.36. The molecule has 1 aromatic heterocycles. The molecule has 1 aliphatic heterocycles. The van der Waals surface area contributed by atoms with Crippen LogP contribution in [0.3, 0.4) is 0 Å². The summed E-state index contributed by atoms with van der Waals surface area (Å²) in [6, 6.07) is 15.5. The summed E-state index contributed by atoms with van der Waals surface area (Å²) in [4.78, 5) is 38.9. The fourth-order valence-corrected chi connectivity index (χ4v) is 4.11. The second kappa shape index (κ2) is 8.65. The summed E-state index contributed by atoms with van der Waals surface area (Å²) >= 11 is 12.6. The highest BCUT2D eigenvalue weighted by Crippen LogP contribution is 2.32. The van der Waals surface area contributed by atoms with Gasteiger partial charge in [-0.25, -0.2) is 4.79 Å². The van der Waals surface area contributed by atoms with Gasteiger partial charge < -0.3 is 4.57 Å². The first-order valence-electron chi connectivity index (χ1n) is 9.84. The molecule has 0 unspecified atom stereocenters. The smallest absolute Gasteiger partial charge is 0.316 e. The fourth-order valence-electron chi connectivity index (χ4n) is 3.73. The highest BCUT2D eigenvalue weighted by molar-refractivity contribution is 6.43. The fraction of sp³-hybridized carbons (Fsp3) is 0.125. The van der Waals surface area contributed by atoms with Crippen LogP contribution in [0.4, 0.5) is 4.79 Å². The van der Waals surface area contributed by atoms with Gasteiger partial charge in [-0.1, -0.05) is 59.6 Å². The van der Waals surface area contributed by atoms with Gasteiger partial charge in [-0.3, -0.25) is 19.8 Å². The summed E-state index contributed by atoms with van der Waals surface area (Å²) in [7, 11) is 0. The van der Waals surface area contributed by atoms with Crippen molar-refractivity contribution in [2.45, 2.75) is 20.4 Å². The lowest BCUT2D eigenvalue weighted by molar-refractivity contribution is -0.130. The van der Waals surface area contributed by atoms with Crippen molar-refractivity contribution in [3.63, 3.8) is 0 Å². The number of amides is 4. The zero-order valence-corrected chi connectivity index (χ0v) is 18.9. The van der Waals surface area contributed by atoms with Gasteiger partial charge in [-0.2, -0.15) is 0 Å². The standard InChI is InChI=1S/C24H19Cl2N3O3/c1-14-11-17(15(2)29(14)20-10-6-9-19(25)21(20)26)12-18-22(30)27-24(32)28(23(18)31)13-16-7-4-3-5-8-16/h3-12H,13H2,1-2H3,(H,27,30,32)/b18-12+. The molecule has 162 valence electrons.